The third kappa shape index (κ3) is 4.95. The Morgan fingerprint density at radius 1 is 0.958 bits per heavy atom. The molecule has 2 saturated heterocycles. The molecule has 1 aromatic carbocycles. The van der Waals surface area contributed by atoms with Gasteiger partial charge in [-0.1, -0.05) is 17.7 Å². The highest BCUT2D eigenvalue weighted by Gasteiger charge is 2.23. The summed E-state index contributed by atoms with van der Waals surface area (Å²) in [6.45, 7) is 10.2. The van der Waals surface area contributed by atoms with Crippen LogP contribution >= 0.6 is 0 Å². The van der Waals surface area contributed by atoms with E-state index in [9.17, 15) is 4.79 Å². The van der Waals surface area contributed by atoms with Gasteiger partial charge in [0, 0.05) is 45.8 Å². The Hall–Kier alpha value is -1.59. The van der Waals surface area contributed by atoms with Crippen LogP contribution in [0.15, 0.2) is 24.3 Å². The van der Waals surface area contributed by atoms with E-state index in [1.807, 2.05) is 17.0 Å². The number of likely N-dealkylation sites (tertiary alicyclic amines) is 1. The minimum atomic E-state index is 0.309. The lowest BCUT2D eigenvalue weighted by atomic mass is 10.2. The predicted molar refractivity (Wildman–Crippen MR) is 95.4 cm³/mol. The number of amides is 1. The zero-order valence-electron chi connectivity index (χ0n) is 14.7. The van der Waals surface area contributed by atoms with E-state index in [0.29, 0.717) is 12.5 Å². The molecule has 0 N–H and O–H groups in total. The lowest BCUT2D eigenvalue weighted by Gasteiger charge is -2.34. The molecule has 2 fully saturated rings. The molecule has 0 bridgehead atoms. The zero-order valence-corrected chi connectivity index (χ0v) is 14.7. The first-order valence-electron chi connectivity index (χ1n) is 9.13. The van der Waals surface area contributed by atoms with Crippen molar-refractivity contribution in [3.05, 3.63) is 29.8 Å². The van der Waals surface area contributed by atoms with Gasteiger partial charge in [0.25, 0.3) is 0 Å². The smallest absolute Gasteiger partial charge is 0.236 e. The van der Waals surface area contributed by atoms with Crippen LogP contribution in [-0.4, -0.2) is 79.6 Å². The van der Waals surface area contributed by atoms with Gasteiger partial charge in [-0.15, -0.1) is 0 Å². The Bertz CT molecular complexity index is 518. The molecule has 0 spiro atoms. The second kappa shape index (κ2) is 8.49. The molecule has 5 heteroatoms. The molecule has 0 saturated carbocycles. The fourth-order valence-corrected chi connectivity index (χ4v) is 3.36. The van der Waals surface area contributed by atoms with E-state index < -0.39 is 0 Å². The molecule has 2 aliphatic heterocycles. The first-order valence-corrected chi connectivity index (χ1v) is 9.13. The van der Waals surface area contributed by atoms with Gasteiger partial charge >= 0.3 is 0 Å². The van der Waals surface area contributed by atoms with Crippen molar-refractivity contribution >= 4 is 5.91 Å². The van der Waals surface area contributed by atoms with Gasteiger partial charge in [-0.2, -0.15) is 0 Å². The summed E-state index contributed by atoms with van der Waals surface area (Å²) in [5, 5.41) is 0. The van der Waals surface area contributed by atoms with Gasteiger partial charge in [0.1, 0.15) is 12.4 Å². The van der Waals surface area contributed by atoms with Crippen LogP contribution in [0, 0.1) is 6.92 Å². The molecule has 2 heterocycles. The van der Waals surface area contributed by atoms with E-state index in [2.05, 4.69) is 28.9 Å². The van der Waals surface area contributed by atoms with Crippen LogP contribution in [-0.2, 0) is 4.79 Å². The quantitative estimate of drug-likeness (QED) is 0.794. The summed E-state index contributed by atoms with van der Waals surface area (Å²) in [5.74, 6) is 1.25. The van der Waals surface area contributed by atoms with Crippen LogP contribution in [0.1, 0.15) is 18.4 Å². The average molecular weight is 331 g/mol. The summed E-state index contributed by atoms with van der Waals surface area (Å²) >= 11 is 0. The van der Waals surface area contributed by atoms with Gasteiger partial charge in [-0.3, -0.25) is 14.6 Å². The summed E-state index contributed by atoms with van der Waals surface area (Å²) in [7, 11) is 0. The largest absolute Gasteiger partial charge is 0.492 e. The third-order valence-corrected chi connectivity index (χ3v) is 4.98. The van der Waals surface area contributed by atoms with Crippen molar-refractivity contribution in [1.82, 2.24) is 14.7 Å². The van der Waals surface area contributed by atoms with Gasteiger partial charge in [0.05, 0.1) is 6.54 Å². The van der Waals surface area contributed by atoms with Crippen LogP contribution in [0.4, 0.5) is 0 Å². The number of carbonyl (C=O) groups excluding carboxylic acids is 1. The first kappa shape index (κ1) is 17.2. The van der Waals surface area contributed by atoms with Crippen molar-refractivity contribution in [1.29, 1.82) is 0 Å². The molecule has 1 aromatic rings. The fraction of sp³-hybridized carbons (Fsp3) is 0.632. The molecule has 3 rings (SSSR count). The van der Waals surface area contributed by atoms with E-state index >= 15 is 0 Å². The molecule has 0 aliphatic carbocycles. The van der Waals surface area contributed by atoms with E-state index in [1.54, 1.807) is 0 Å². The predicted octanol–water partition coefficient (Wildman–Crippen LogP) is 1.61. The zero-order chi connectivity index (χ0) is 16.8. The van der Waals surface area contributed by atoms with E-state index in [1.165, 1.54) is 18.4 Å². The molecule has 5 nitrogen and oxygen atoms in total. The summed E-state index contributed by atoms with van der Waals surface area (Å²) in [6, 6.07) is 8.20. The van der Waals surface area contributed by atoms with E-state index in [4.69, 9.17) is 4.74 Å². The summed E-state index contributed by atoms with van der Waals surface area (Å²) in [5.41, 5.74) is 1.25. The number of hydrogen-bond donors (Lipinski definition) is 0. The molecule has 2 aliphatic rings. The lowest BCUT2D eigenvalue weighted by molar-refractivity contribution is -0.131. The Morgan fingerprint density at radius 3 is 2.25 bits per heavy atom. The number of carbonyl (C=O) groups is 1. The standard InChI is InChI=1S/C19H29N3O2/c1-17-4-6-18(7-5-17)24-15-14-20-10-12-21(13-11-20)16-19(23)22-8-2-3-9-22/h4-7H,2-3,8-16H2,1H3. The Kier molecular flexibility index (Phi) is 6.10. The second-order valence-electron chi connectivity index (χ2n) is 6.87. The number of ether oxygens (including phenoxy) is 1. The van der Waals surface area contributed by atoms with Crippen molar-refractivity contribution < 1.29 is 9.53 Å². The summed E-state index contributed by atoms with van der Waals surface area (Å²) < 4.78 is 5.81. The minimum Gasteiger partial charge on any atom is -0.492 e. The normalized spacial score (nSPS) is 19.6. The van der Waals surface area contributed by atoms with Crippen molar-refractivity contribution in [2.45, 2.75) is 19.8 Å². The Labute approximate surface area is 145 Å². The van der Waals surface area contributed by atoms with Crippen LogP contribution < -0.4 is 4.74 Å². The highest BCUT2D eigenvalue weighted by atomic mass is 16.5. The van der Waals surface area contributed by atoms with Crippen molar-refractivity contribution in [3.63, 3.8) is 0 Å². The van der Waals surface area contributed by atoms with Gasteiger partial charge in [-0.05, 0) is 31.9 Å². The minimum absolute atomic E-state index is 0.309. The molecular formula is C19H29N3O2. The topological polar surface area (TPSA) is 36.0 Å². The maximum atomic E-state index is 12.2. The maximum absolute atomic E-state index is 12.2. The fourth-order valence-electron chi connectivity index (χ4n) is 3.36. The molecule has 24 heavy (non-hydrogen) atoms. The van der Waals surface area contributed by atoms with Crippen LogP contribution in [0.5, 0.6) is 5.75 Å². The Morgan fingerprint density at radius 2 is 1.58 bits per heavy atom. The SMILES string of the molecule is Cc1ccc(OCCN2CCN(CC(=O)N3CCCC3)CC2)cc1. The van der Waals surface area contributed by atoms with Gasteiger partial charge < -0.3 is 9.64 Å². The van der Waals surface area contributed by atoms with E-state index in [0.717, 1.165) is 58.2 Å². The monoisotopic (exact) mass is 331 g/mol. The first-order chi connectivity index (χ1) is 11.7. The number of rotatable bonds is 6. The molecule has 0 unspecified atom stereocenters. The third-order valence-electron chi connectivity index (χ3n) is 4.98. The molecule has 132 valence electrons. The number of hydrogen-bond acceptors (Lipinski definition) is 4. The van der Waals surface area contributed by atoms with Gasteiger partial charge in [0.2, 0.25) is 5.91 Å². The van der Waals surface area contributed by atoms with Crippen LogP contribution in [0.3, 0.4) is 0 Å². The highest BCUT2D eigenvalue weighted by Crippen LogP contribution is 2.12. The van der Waals surface area contributed by atoms with Gasteiger partial charge in [-0.25, -0.2) is 0 Å². The number of nitrogens with zero attached hydrogens (tertiary/aromatic N) is 3. The lowest BCUT2D eigenvalue weighted by Crippen LogP contribution is -2.50. The second-order valence-corrected chi connectivity index (χ2v) is 6.87. The van der Waals surface area contributed by atoms with Crippen molar-refractivity contribution in [3.8, 4) is 5.75 Å². The average Bonchev–Trinajstić information content (AvgIpc) is 3.13. The van der Waals surface area contributed by atoms with E-state index in [-0.39, 0.29) is 0 Å². The highest BCUT2D eigenvalue weighted by molar-refractivity contribution is 5.78. The molecular weight excluding hydrogens is 302 g/mol. The molecule has 1 amide bonds. The van der Waals surface area contributed by atoms with Gasteiger partial charge in [0.15, 0.2) is 0 Å². The van der Waals surface area contributed by atoms with Crippen LogP contribution in [0.25, 0.3) is 0 Å². The molecule has 0 atom stereocenters. The van der Waals surface area contributed by atoms with Crippen molar-refractivity contribution in [2.75, 3.05) is 59.0 Å². The molecule has 0 radical (unpaired) electrons. The van der Waals surface area contributed by atoms with Crippen molar-refractivity contribution in [2.24, 2.45) is 0 Å². The van der Waals surface area contributed by atoms with Crippen LogP contribution in [0.2, 0.25) is 0 Å². The summed E-state index contributed by atoms with van der Waals surface area (Å²) in [6.07, 6.45) is 2.33. The number of piperazine rings is 1. The summed E-state index contributed by atoms with van der Waals surface area (Å²) in [4.78, 5) is 18.9. The molecule has 0 aromatic heterocycles. The number of aryl methyl sites for hydroxylation is 1. The Balaban J connectivity index is 1.31. The number of benzene rings is 1. The maximum Gasteiger partial charge on any atom is 0.236 e.